The van der Waals surface area contributed by atoms with Crippen molar-refractivity contribution < 1.29 is 4.79 Å². The molecular weight excluding hydrogens is 286 g/mol. The highest BCUT2D eigenvalue weighted by molar-refractivity contribution is 7.99. The lowest BCUT2D eigenvalue weighted by molar-refractivity contribution is 0.189. The molecule has 1 atom stereocenters. The van der Waals surface area contributed by atoms with Gasteiger partial charge in [0, 0.05) is 26.2 Å². The van der Waals surface area contributed by atoms with Crippen molar-refractivity contribution >= 4 is 23.6 Å². The first-order valence-corrected chi connectivity index (χ1v) is 8.50. The Kier molecular flexibility index (Phi) is 4.48. The molecule has 2 amide bonds. The fraction of sp³-hybridized carbons (Fsp3) is 0.643. The highest BCUT2D eigenvalue weighted by atomic mass is 32.2. The molecular formula is C14H21N5OS. The Morgan fingerprint density at radius 2 is 2.33 bits per heavy atom. The zero-order valence-corrected chi connectivity index (χ0v) is 13.1. The van der Waals surface area contributed by atoms with Crippen LogP contribution in [0.3, 0.4) is 0 Å². The van der Waals surface area contributed by atoms with Crippen LogP contribution in [0, 0.1) is 0 Å². The smallest absolute Gasteiger partial charge is 0.317 e. The van der Waals surface area contributed by atoms with Crippen LogP contribution in [0.25, 0.3) is 0 Å². The molecule has 2 aliphatic rings. The molecule has 114 valence electrons. The molecule has 3 heterocycles. The van der Waals surface area contributed by atoms with Crippen molar-refractivity contribution in [1.82, 2.24) is 20.2 Å². The van der Waals surface area contributed by atoms with Gasteiger partial charge in [-0.15, -0.1) is 11.8 Å². The molecule has 2 saturated heterocycles. The minimum Gasteiger partial charge on any atom is -0.353 e. The van der Waals surface area contributed by atoms with Crippen LogP contribution in [0.4, 0.5) is 10.6 Å². The summed E-state index contributed by atoms with van der Waals surface area (Å²) in [6.07, 6.45) is 5.79. The molecule has 3 rings (SSSR count). The maximum absolute atomic E-state index is 11.8. The van der Waals surface area contributed by atoms with Gasteiger partial charge < -0.3 is 15.1 Å². The van der Waals surface area contributed by atoms with Gasteiger partial charge in [-0.25, -0.2) is 9.78 Å². The maximum atomic E-state index is 11.8. The van der Waals surface area contributed by atoms with E-state index in [2.05, 4.69) is 27.1 Å². The average molecular weight is 307 g/mol. The van der Waals surface area contributed by atoms with Crippen LogP contribution < -0.4 is 10.2 Å². The highest BCUT2D eigenvalue weighted by Crippen LogP contribution is 2.23. The number of hydrogen-bond donors (Lipinski definition) is 1. The second-order valence-electron chi connectivity index (χ2n) is 5.32. The number of aromatic nitrogens is 2. The van der Waals surface area contributed by atoms with E-state index in [9.17, 15) is 4.79 Å². The van der Waals surface area contributed by atoms with E-state index in [1.54, 1.807) is 11.8 Å². The summed E-state index contributed by atoms with van der Waals surface area (Å²) in [6, 6.07) is 0.355. The van der Waals surface area contributed by atoms with Crippen LogP contribution in [0.2, 0.25) is 0 Å². The number of anilines is 1. The van der Waals surface area contributed by atoms with E-state index in [1.807, 2.05) is 17.3 Å². The Morgan fingerprint density at radius 3 is 3.10 bits per heavy atom. The van der Waals surface area contributed by atoms with E-state index in [1.165, 1.54) is 0 Å². The molecule has 0 aliphatic carbocycles. The number of carbonyl (C=O) groups excluding carboxylic acids is 1. The Hall–Kier alpha value is -1.50. The predicted molar refractivity (Wildman–Crippen MR) is 83.8 cm³/mol. The summed E-state index contributed by atoms with van der Waals surface area (Å²) < 4.78 is 0. The molecule has 1 unspecified atom stereocenters. The van der Waals surface area contributed by atoms with Crippen molar-refractivity contribution in [1.29, 1.82) is 0 Å². The van der Waals surface area contributed by atoms with Crippen molar-refractivity contribution in [2.45, 2.75) is 30.8 Å². The Labute approximate surface area is 129 Å². The van der Waals surface area contributed by atoms with Crippen molar-refractivity contribution in [2.24, 2.45) is 0 Å². The number of rotatable bonds is 4. The van der Waals surface area contributed by atoms with E-state index in [4.69, 9.17) is 0 Å². The van der Waals surface area contributed by atoms with E-state index in [0.29, 0.717) is 0 Å². The van der Waals surface area contributed by atoms with Gasteiger partial charge in [-0.3, -0.25) is 4.98 Å². The summed E-state index contributed by atoms with van der Waals surface area (Å²) >= 11 is 1.71. The van der Waals surface area contributed by atoms with Crippen molar-refractivity contribution in [3.8, 4) is 0 Å². The molecule has 6 nitrogen and oxygen atoms in total. The predicted octanol–water partition coefficient (Wildman–Crippen LogP) is 1.58. The minimum absolute atomic E-state index is 0.0724. The average Bonchev–Trinajstić information content (AvgIpc) is 2.94. The Morgan fingerprint density at radius 1 is 1.43 bits per heavy atom. The van der Waals surface area contributed by atoms with E-state index in [0.717, 1.165) is 55.6 Å². The summed E-state index contributed by atoms with van der Waals surface area (Å²) in [4.78, 5) is 25.0. The number of urea groups is 1. The second-order valence-corrected chi connectivity index (χ2v) is 6.60. The van der Waals surface area contributed by atoms with Gasteiger partial charge in [0.2, 0.25) is 0 Å². The monoisotopic (exact) mass is 307 g/mol. The SMILES string of the molecule is CCSc1cncc(N2CCCC(N3CCNC3=O)C2)n1. The molecule has 1 N–H and O–H groups in total. The number of thioether (sulfide) groups is 1. The number of nitrogens with zero attached hydrogens (tertiary/aromatic N) is 4. The third kappa shape index (κ3) is 3.23. The van der Waals surface area contributed by atoms with Gasteiger partial charge in [0.05, 0.1) is 18.4 Å². The molecule has 0 aromatic carbocycles. The highest BCUT2D eigenvalue weighted by Gasteiger charge is 2.31. The van der Waals surface area contributed by atoms with E-state index >= 15 is 0 Å². The minimum atomic E-state index is 0.0724. The molecule has 1 aromatic rings. The van der Waals surface area contributed by atoms with Crippen molar-refractivity contribution in [3.63, 3.8) is 0 Å². The zero-order valence-electron chi connectivity index (χ0n) is 12.3. The normalized spacial score (nSPS) is 22.5. The molecule has 0 saturated carbocycles. The lowest BCUT2D eigenvalue weighted by Crippen LogP contribution is -2.49. The number of carbonyl (C=O) groups is 1. The maximum Gasteiger partial charge on any atom is 0.317 e. The third-order valence-electron chi connectivity index (χ3n) is 3.94. The van der Waals surface area contributed by atoms with Crippen LogP contribution in [-0.4, -0.2) is 58.9 Å². The summed E-state index contributed by atoms with van der Waals surface area (Å²) in [5.41, 5.74) is 0. The largest absolute Gasteiger partial charge is 0.353 e. The summed E-state index contributed by atoms with van der Waals surface area (Å²) in [5, 5.41) is 3.85. The van der Waals surface area contributed by atoms with Crippen LogP contribution in [-0.2, 0) is 0 Å². The standard InChI is InChI=1S/C14H21N5OS/c1-2-21-13-9-15-8-12(17-13)18-6-3-4-11(10-18)19-7-5-16-14(19)20/h8-9,11H,2-7,10H2,1H3,(H,16,20). The molecule has 1 aromatic heterocycles. The Balaban J connectivity index is 1.70. The molecule has 2 aliphatic heterocycles. The van der Waals surface area contributed by atoms with Gasteiger partial charge in [0.15, 0.2) is 0 Å². The fourth-order valence-corrected chi connectivity index (χ4v) is 3.55. The van der Waals surface area contributed by atoms with Crippen molar-refractivity contribution in [2.75, 3.05) is 36.8 Å². The molecule has 2 fully saturated rings. The number of amides is 2. The molecule has 21 heavy (non-hydrogen) atoms. The number of nitrogens with one attached hydrogen (secondary N) is 1. The Bertz CT molecular complexity index is 512. The van der Waals surface area contributed by atoms with Gasteiger partial charge in [0.25, 0.3) is 0 Å². The van der Waals surface area contributed by atoms with Crippen molar-refractivity contribution in [3.05, 3.63) is 12.4 Å². The lowest BCUT2D eigenvalue weighted by atomic mass is 10.0. The van der Waals surface area contributed by atoms with Gasteiger partial charge >= 0.3 is 6.03 Å². The van der Waals surface area contributed by atoms with Gasteiger partial charge in [-0.2, -0.15) is 0 Å². The molecule has 7 heteroatoms. The summed E-state index contributed by atoms with van der Waals surface area (Å²) in [7, 11) is 0. The topological polar surface area (TPSA) is 61.4 Å². The quantitative estimate of drug-likeness (QED) is 0.856. The zero-order chi connectivity index (χ0) is 14.7. The molecule has 0 bridgehead atoms. The molecule has 0 spiro atoms. The third-order valence-corrected chi connectivity index (χ3v) is 4.72. The van der Waals surface area contributed by atoms with E-state index < -0.39 is 0 Å². The van der Waals surface area contributed by atoms with Gasteiger partial charge in [-0.05, 0) is 18.6 Å². The number of piperidine rings is 1. The first kappa shape index (κ1) is 14.4. The van der Waals surface area contributed by atoms with Crippen LogP contribution >= 0.6 is 11.8 Å². The van der Waals surface area contributed by atoms with Crippen LogP contribution in [0.5, 0.6) is 0 Å². The molecule has 0 radical (unpaired) electrons. The van der Waals surface area contributed by atoms with E-state index in [-0.39, 0.29) is 12.1 Å². The van der Waals surface area contributed by atoms with Crippen LogP contribution in [0.1, 0.15) is 19.8 Å². The second kappa shape index (κ2) is 6.51. The number of hydrogen-bond acceptors (Lipinski definition) is 5. The lowest BCUT2D eigenvalue weighted by Gasteiger charge is -2.37. The van der Waals surface area contributed by atoms with Gasteiger partial charge in [0.1, 0.15) is 10.8 Å². The summed E-state index contributed by atoms with van der Waals surface area (Å²) in [6.45, 7) is 5.53. The van der Waals surface area contributed by atoms with Crippen LogP contribution in [0.15, 0.2) is 17.4 Å². The first-order valence-electron chi connectivity index (χ1n) is 7.52. The summed E-state index contributed by atoms with van der Waals surface area (Å²) in [5.74, 6) is 1.92. The first-order chi connectivity index (χ1) is 10.3. The van der Waals surface area contributed by atoms with Gasteiger partial charge in [-0.1, -0.05) is 6.92 Å². The fourth-order valence-electron chi connectivity index (χ4n) is 2.96.